The van der Waals surface area contributed by atoms with Gasteiger partial charge in [0.1, 0.15) is 5.82 Å². The van der Waals surface area contributed by atoms with Gasteiger partial charge in [-0.1, -0.05) is 17.7 Å². The Morgan fingerprint density at radius 1 is 1.35 bits per heavy atom. The predicted octanol–water partition coefficient (Wildman–Crippen LogP) is 4.02. The Hall–Kier alpha value is -1.43. The van der Waals surface area contributed by atoms with Crippen LogP contribution < -0.4 is 5.32 Å². The van der Waals surface area contributed by atoms with Crippen molar-refractivity contribution in [2.75, 3.05) is 19.8 Å². The van der Waals surface area contributed by atoms with Crippen LogP contribution in [0.2, 0.25) is 5.02 Å². The molecule has 1 aliphatic heterocycles. The van der Waals surface area contributed by atoms with E-state index in [1.165, 1.54) is 23.8 Å². The molecule has 3 rings (SSSR count). The van der Waals surface area contributed by atoms with E-state index in [9.17, 15) is 9.18 Å². The zero-order valence-electron chi connectivity index (χ0n) is 12.5. The van der Waals surface area contributed by atoms with Crippen molar-refractivity contribution in [1.82, 2.24) is 5.32 Å². The molecule has 0 unspecified atom stereocenters. The summed E-state index contributed by atoms with van der Waals surface area (Å²) in [5.74, 6) is -1.08. The van der Waals surface area contributed by atoms with Crippen LogP contribution in [0.25, 0.3) is 0 Å². The van der Waals surface area contributed by atoms with Crippen molar-refractivity contribution < 1.29 is 13.9 Å². The van der Waals surface area contributed by atoms with Crippen LogP contribution in [0.15, 0.2) is 35.0 Å². The van der Waals surface area contributed by atoms with E-state index in [1.807, 2.05) is 5.38 Å². The smallest absolute Gasteiger partial charge is 0.255 e. The summed E-state index contributed by atoms with van der Waals surface area (Å²) in [6.45, 7) is 1.76. The number of ether oxygens (including phenoxy) is 1. The number of amides is 1. The van der Waals surface area contributed by atoms with E-state index in [1.54, 1.807) is 11.3 Å². The van der Waals surface area contributed by atoms with Crippen molar-refractivity contribution in [3.63, 3.8) is 0 Å². The lowest BCUT2D eigenvalue weighted by atomic mass is 9.75. The number of benzene rings is 1. The van der Waals surface area contributed by atoms with Crippen LogP contribution in [-0.2, 0) is 10.2 Å². The van der Waals surface area contributed by atoms with E-state index >= 15 is 0 Å². The molecule has 6 heteroatoms. The highest BCUT2D eigenvalue weighted by Gasteiger charge is 2.35. The van der Waals surface area contributed by atoms with Gasteiger partial charge in [-0.15, -0.1) is 0 Å². The van der Waals surface area contributed by atoms with E-state index in [0.717, 1.165) is 12.8 Å². The van der Waals surface area contributed by atoms with Gasteiger partial charge in [-0.2, -0.15) is 11.3 Å². The molecular formula is C17H17ClFNO2S. The average Bonchev–Trinajstić information content (AvgIpc) is 3.09. The first kappa shape index (κ1) is 16.4. The number of hydrogen-bond donors (Lipinski definition) is 1. The van der Waals surface area contributed by atoms with E-state index in [4.69, 9.17) is 16.3 Å². The Morgan fingerprint density at radius 2 is 2.13 bits per heavy atom. The fourth-order valence-corrected chi connectivity index (χ4v) is 3.98. The maximum absolute atomic E-state index is 13.9. The van der Waals surface area contributed by atoms with Crippen LogP contribution in [0.3, 0.4) is 0 Å². The molecule has 0 bridgehead atoms. The summed E-state index contributed by atoms with van der Waals surface area (Å²) < 4.78 is 19.3. The quantitative estimate of drug-likeness (QED) is 0.901. The molecule has 23 heavy (non-hydrogen) atoms. The summed E-state index contributed by atoms with van der Waals surface area (Å²) in [5.41, 5.74) is 0.943. The normalized spacial score (nSPS) is 17.0. The second-order valence-corrected chi connectivity index (χ2v) is 6.87. The first-order valence-electron chi connectivity index (χ1n) is 7.45. The zero-order valence-corrected chi connectivity index (χ0v) is 14.1. The molecule has 1 saturated heterocycles. The lowest BCUT2D eigenvalue weighted by Crippen LogP contribution is -2.44. The van der Waals surface area contributed by atoms with E-state index in [0.29, 0.717) is 19.8 Å². The van der Waals surface area contributed by atoms with Gasteiger partial charge in [0.05, 0.1) is 10.6 Å². The van der Waals surface area contributed by atoms with Gasteiger partial charge in [-0.3, -0.25) is 4.79 Å². The van der Waals surface area contributed by atoms with Crippen molar-refractivity contribution in [2.45, 2.75) is 18.3 Å². The lowest BCUT2D eigenvalue weighted by molar-refractivity contribution is 0.0488. The highest BCUT2D eigenvalue weighted by molar-refractivity contribution is 7.08. The number of hydrogen-bond acceptors (Lipinski definition) is 3. The molecule has 1 aromatic heterocycles. The van der Waals surface area contributed by atoms with Crippen LogP contribution in [0.4, 0.5) is 4.39 Å². The standard InChI is InChI=1S/C17H17ClFNO2S/c18-13-2-1-3-14(19)15(13)16(21)20-11-17(5-7-22-8-6-17)12-4-9-23-10-12/h1-4,9-10H,5-8,11H2,(H,20,21). The monoisotopic (exact) mass is 353 g/mol. The Labute approximate surface area is 143 Å². The van der Waals surface area contributed by atoms with Crippen LogP contribution in [0, 0.1) is 5.82 Å². The molecular weight excluding hydrogens is 337 g/mol. The SMILES string of the molecule is O=C(NCC1(c2ccsc2)CCOCC1)c1c(F)cccc1Cl. The largest absolute Gasteiger partial charge is 0.381 e. The average molecular weight is 354 g/mol. The summed E-state index contributed by atoms with van der Waals surface area (Å²) in [6, 6.07) is 6.32. The van der Waals surface area contributed by atoms with Gasteiger partial charge < -0.3 is 10.1 Å². The highest BCUT2D eigenvalue weighted by atomic mass is 35.5. The van der Waals surface area contributed by atoms with Gasteiger partial charge in [0.15, 0.2) is 0 Å². The molecule has 1 amide bonds. The summed E-state index contributed by atoms with van der Waals surface area (Å²) in [6.07, 6.45) is 1.66. The first-order valence-corrected chi connectivity index (χ1v) is 8.77. The lowest BCUT2D eigenvalue weighted by Gasteiger charge is -2.37. The van der Waals surface area contributed by atoms with Crippen molar-refractivity contribution in [2.24, 2.45) is 0 Å². The first-order chi connectivity index (χ1) is 11.1. The topological polar surface area (TPSA) is 38.3 Å². The molecule has 1 N–H and O–H groups in total. The number of rotatable bonds is 4. The van der Waals surface area contributed by atoms with Crippen LogP contribution >= 0.6 is 22.9 Å². The van der Waals surface area contributed by atoms with E-state index in [2.05, 4.69) is 16.8 Å². The molecule has 0 saturated carbocycles. The van der Waals surface area contributed by atoms with Crippen molar-refractivity contribution in [3.8, 4) is 0 Å². The molecule has 3 nitrogen and oxygen atoms in total. The summed E-state index contributed by atoms with van der Waals surface area (Å²) in [7, 11) is 0. The zero-order chi connectivity index (χ0) is 16.3. The van der Waals surface area contributed by atoms with Gasteiger partial charge in [0, 0.05) is 25.2 Å². The van der Waals surface area contributed by atoms with E-state index in [-0.39, 0.29) is 16.0 Å². The van der Waals surface area contributed by atoms with Gasteiger partial charge in [-0.05, 0) is 47.4 Å². The number of halogens is 2. The molecule has 0 aliphatic carbocycles. The third-order valence-corrected chi connectivity index (χ3v) is 5.36. The summed E-state index contributed by atoms with van der Waals surface area (Å²) >= 11 is 7.59. The number of thiophene rings is 1. The Kier molecular flexibility index (Phi) is 4.99. The number of carbonyl (C=O) groups is 1. The minimum absolute atomic E-state index is 0.0957. The third-order valence-electron chi connectivity index (χ3n) is 4.36. The molecule has 0 atom stereocenters. The van der Waals surface area contributed by atoms with Crippen LogP contribution in [0.5, 0.6) is 0 Å². The Bertz CT molecular complexity index is 664. The second-order valence-electron chi connectivity index (χ2n) is 5.68. The third kappa shape index (κ3) is 3.42. The number of carbonyl (C=O) groups excluding carboxylic acids is 1. The van der Waals surface area contributed by atoms with E-state index < -0.39 is 11.7 Å². The summed E-state index contributed by atoms with van der Waals surface area (Å²) in [5, 5.41) is 7.12. The molecule has 2 aromatic rings. The van der Waals surface area contributed by atoms with Gasteiger partial charge in [-0.25, -0.2) is 4.39 Å². The molecule has 1 aliphatic rings. The molecule has 122 valence electrons. The minimum atomic E-state index is -0.605. The van der Waals surface area contributed by atoms with Gasteiger partial charge in [0.25, 0.3) is 5.91 Å². The fraction of sp³-hybridized carbons (Fsp3) is 0.353. The maximum Gasteiger partial charge on any atom is 0.255 e. The Balaban J connectivity index is 1.78. The van der Waals surface area contributed by atoms with Crippen molar-refractivity contribution >= 4 is 28.8 Å². The van der Waals surface area contributed by atoms with Gasteiger partial charge >= 0.3 is 0 Å². The second kappa shape index (κ2) is 6.99. The maximum atomic E-state index is 13.9. The molecule has 2 heterocycles. The molecule has 1 aromatic carbocycles. The highest BCUT2D eigenvalue weighted by Crippen LogP contribution is 2.35. The van der Waals surface area contributed by atoms with Crippen LogP contribution in [0.1, 0.15) is 28.8 Å². The minimum Gasteiger partial charge on any atom is -0.381 e. The summed E-state index contributed by atoms with van der Waals surface area (Å²) in [4.78, 5) is 12.4. The van der Waals surface area contributed by atoms with Crippen molar-refractivity contribution in [1.29, 1.82) is 0 Å². The van der Waals surface area contributed by atoms with Crippen LogP contribution in [-0.4, -0.2) is 25.7 Å². The Morgan fingerprint density at radius 3 is 2.78 bits per heavy atom. The predicted molar refractivity (Wildman–Crippen MR) is 89.8 cm³/mol. The van der Waals surface area contributed by atoms with Gasteiger partial charge in [0.2, 0.25) is 0 Å². The fourth-order valence-electron chi connectivity index (χ4n) is 2.95. The molecule has 0 radical (unpaired) electrons. The van der Waals surface area contributed by atoms with Crippen molar-refractivity contribution in [3.05, 3.63) is 57.0 Å². The molecule has 1 fully saturated rings. The molecule has 0 spiro atoms. The number of nitrogens with one attached hydrogen (secondary N) is 1.